The Labute approximate surface area is 179 Å². The summed E-state index contributed by atoms with van der Waals surface area (Å²) in [6.07, 6.45) is 0. The summed E-state index contributed by atoms with van der Waals surface area (Å²) in [6.45, 7) is 4.04. The first-order valence-electron chi connectivity index (χ1n) is 10.2. The predicted molar refractivity (Wildman–Crippen MR) is 114 cm³/mol. The molecule has 0 saturated carbocycles. The van der Waals surface area contributed by atoms with Crippen LogP contribution in [0.2, 0.25) is 0 Å². The Morgan fingerprint density at radius 1 is 1.19 bits per heavy atom. The molecule has 1 fully saturated rings. The summed E-state index contributed by atoms with van der Waals surface area (Å²) in [6, 6.07) is 15.5. The van der Waals surface area contributed by atoms with Gasteiger partial charge in [-0.3, -0.25) is 20.2 Å². The second-order valence-electron chi connectivity index (χ2n) is 8.25. The number of amides is 1. The molecule has 31 heavy (non-hydrogen) atoms. The van der Waals surface area contributed by atoms with Gasteiger partial charge in [-0.05, 0) is 31.0 Å². The zero-order chi connectivity index (χ0) is 21.9. The van der Waals surface area contributed by atoms with E-state index >= 15 is 0 Å². The lowest BCUT2D eigenvalue weighted by Crippen LogP contribution is -2.49. The molecule has 3 heterocycles. The molecule has 158 valence electrons. The van der Waals surface area contributed by atoms with Crippen LogP contribution >= 0.6 is 0 Å². The summed E-state index contributed by atoms with van der Waals surface area (Å²) in [4.78, 5) is 26.9. The molecule has 0 radical (unpaired) electrons. The van der Waals surface area contributed by atoms with Crippen molar-refractivity contribution in [2.45, 2.75) is 31.2 Å². The Morgan fingerprint density at radius 3 is 2.65 bits per heavy atom. The SMILES string of the molecule is Cc1ccccc1[C@@H]1CN[C@]2(C(=O)N(C)c3ccccc32)[C@H]1c1onc(C)c1[N+](=O)[O-]. The van der Waals surface area contributed by atoms with E-state index in [0.29, 0.717) is 6.54 Å². The maximum absolute atomic E-state index is 13.8. The number of para-hydroxylation sites is 1. The van der Waals surface area contributed by atoms with Crippen molar-refractivity contribution in [3.63, 3.8) is 0 Å². The van der Waals surface area contributed by atoms with E-state index < -0.39 is 16.4 Å². The lowest BCUT2D eigenvalue weighted by Gasteiger charge is -2.31. The fourth-order valence-corrected chi connectivity index (χ4v) is 5.34. The van der Waals surface area contributed by atoms with Crippen LogP contribution in [-0.4, -0.2) is 29.6 Å². The van der Waals surface area contributed by atoms with Crippen molar-refractivity contribution in [1.82, 2.24) is 10.5 Å². The molecule has 1 amide bonds. The number of aryl methyl sites for hydroxylation is 2. The van der Waals surface area contributed by atoms with Crippen LogP contribution in [0.5, 0.6) is 0 Å². The number of carbonyl (C=O) groups excluding carboxylic acids is 1. The van der Waals surface area contributed by atoms with E-state index in [9.17, 15) is 14.9 Å². The number of anilines is 1. The van der Waals surface area contributed by atoms with Gasteiger partial charge < -0.3 is 9.42 Å². The lowest BCUT2D eigenvalue weighted by molar-refractivity contribution is -0.386. The minimum atomic E-state index is -1.17. The highest BCUT2D eigenvalue weighted by Gasteiger charge is 2.63. The highest BCUT2D eigenvalue weighted by Crippen LogP contribution is 2.58. The van der Waals surface area contributed by atoms with E-state index in [-0.39, 0.29) is 29.0 Å². The van der Waals surface area contributed by atoms with Crippen LogP contribution in [0.25, 0.3) is 0 Å². The summed E-state index contributed by atoms with van der Waals surface area (Å²) in [7, 11) is 1.73. The molecule has 8 nitrogen and oxygen atoms in total. The highest BCUT2D eigenvalue weighted by atomic mass is 16.6. The molecule has 2 aliphatic rings. The Kier molecular flexibility index (Phi) is 4.23. The molecular weight excluding hydrogens is 396 g/mol. The number of benzene rings is 2. The molecule has 3 atom stereocenters. The molecule has 1 N–H and O–H groups in total. The normalized spacial score (nSPS) is 24.7. The molecule has 5 rings (SSSR count). The molecule has 2 aromatic carbocycles. The van der Waals surface area contributed by atoms with Crippen LogP contribution in [0, 0.1) is 24.0 Å². The lowest BCUT2D eigenvalue weighted by atomic mass is 9.72. The number of carbonyl (C=O) groups is 1. The summed E-state index contributed by atoms with van der Waals surface area (Å²) < 4.78 is 5.62. The molecule has 1 aromatic heterocycles. The van der Waals surface area contributed by atoms with E-state index in [2.05, 4.69) is 10.5 Å². The van der Waals surface area contributed by atoms with Crippen molar-refractivity contribution in [1.29, 1.82) is 0 Å². The Bertz CT molecular complexity index is 1220. The number of hydrogen-bond donors (Lipinski definition) is 1. The third-order valence-corrected chi connectivity index (χ3v) is 6.71. The second-order valence-corrected chi connectivity index (χ2v) is 8.25. The van der Waals surface area contributed by atoms with Crippen molar-refractivity contribution in [2.75, 3.05) is 18.5 Å². The summed E-state index contributed by atoms with van der Waals surface area (Å²) in [5.41, 5.74) is 2.54. The van der Waals surface area contributed by atoms with Gasteiger partial charge in [-0.2, -0.15) is 0 Å². The number of nitrogens with zero attached hydrogens (tertiary/aromatic N) is 3. The van der Waals surface area contributed by atoms with Crippen molar-refractivity contribution >= 4 is 17.3 Å². The zero-order valence-corrected chi connectivity index (χ0v) is 17.5. The van der Waals surface area contributed by atoms with Crippen LogP contribution in [0.3, 0.4) is 0 Å². The monoisotopic (exact) mass is 418 g/mol. The van der Waals surface area contributed by atoms with Crippen molar-refractivity contribution in [3.8, 4) is 0 Å². The molecule has 0 unspecified atom stereocenters. The van der Waals surface area contributed by atoms with Gasteiger partial charge in [0.15, 0.2) is 5.69 Å². The van der Waals surface area contributed by atoms with Gasteiger partial charge in [0, 0.05) is 30.8 Å². The summed E-state index contributed by atoms with van der Waals surface area (Å²) in [5.74, 6) is -0.859. The number of fused-ring (bicyclic) bond motifs is 2. The van der Waals surface area contributed by atoms with Crippen LogP contribution in [0.1, 0.15) is 40.0 Å². The summed E-state index contributed by atoms with van der Waals surface area (Å²) >= 11 is 0. The van der Waals surface area contributed by atoms with Gasteiger partial charge in [-0.1, -0.05) is 47.6 Å². The first-order chi connectivity index (χ1) is 14.9. The Balaban J connectivity index is 1.80. The maximum Gasteiger partial charge on any atom is 0.334 e. The standard InChI is InChI=1S/C23H22N4O4/c1-13-8-4-5-9-15(13)16-12-24-23(17-10-6-7-11-18(17)26(3)22(23)28)19(16)21-20(27(29)30)14(2)25-31-21/h4-11,16,19,24H,12H2,1-3H3/t16-,19+,23-/m0/s1. The number of aromatic nitrogens is 1. The van der Waals surface area contributed by atoms with Gasteiger partial charge in [0.1, 0.15) is 5.54 Å². The van der Waals surface area contributed by atoms with Crippen molar-refractivity contribution in [2.24, 2.45) is 0 Å². The molecule has 3 aromatic rings. The van der Waals surface area contributed by atoms with Gasteiger partial charge >= 0.3 is 5.69 Å². The first kappa shape index (κ1) is 19.4. The van der Waals surface area contributed by atoms with Gasteiger partial charge in [-0.25, -0.2) is 0 Å². The quantitative estimate of drug-likeness (QED) is 0.516. The third kappa shape index (κ3) is 2.51. The molecule has 2 aliphatic heterocycles. The Morgan fingerprint density at radius 2 is 1.90 bits per heavy atom. The van der Waals surface area contributed by atoms with E-state index in [1.807, 2.05) is 55.5 Å². The Hall–Kier alpha value is -3.52. The number of likely N-dealkylation sites (N-methyl/N-ethyl adjacent to an activating group) is 1. The average molecular weight is 418 g/mol. The third-order valence-electron chi connectivity index (χ3n) is 6.71. The molecule has 8 heteroatoms. The fraction of sp³-hybridized carbons (Fsp3) is 0.304. The van der Waals surface area contributed by atoms with Gasteiger partial charge in [0.05, 0.1) is 10.8 Å². The second kappa shape index (κ2) is 6.75. The largest absolute Gasteiger partial charge is 0.353 e. The highest BCUT2D eigenvalue weighted by molar-refractivity contribution is 6.08. The molecule has 1 spiro atoms. The molecule has 1 saturated heterocycles. The number of nitro groups is 1. The van der Waals surface area contributed by atoms with Gasteiger partial charge in [-0.15, -0.1) is 0 Å². The summed E-state index contributed by atoms with van der Waals surface area (Å²) in [5, 5.41) is 19.3. The van der Waals surface area contributed by atoms with Crippen molar-refractivity contribution < 1.29 is 14.2 Å². The number of rotatable bonds is 3. The smallest absolute Gasteiger partial charge is 0.334 e. The first-order valence-corrected chi connectivity index (χ1v) is 10.2. The van der Waals surface area contributed by atoms with E-state index in [1.54, 1.807) is 18.9 Å². The fourth-order valence-electron chi connectivity index (χ4n) is 5.34. The average Bonchev–Trinajstić information content (AvgIpc) is 3.39. The van der Waals surface area contributed by atoms with E-state index in [4.69, 9.17) is 4.52 Å². The van der Waals surface area contributed by atoms with Crippen LogP contribution in [0.4, 0.5) is 11.4 Å². The maximum atomic E-state index is 13.8. The van der Waals surface area contributed by atoms with Gasteiger partial charge in [0.2, 0.25) is 5.76 Å². The van der Waals surface area contributed by atoms with E-state index in [1.165, 1.54) is 0 Å². The van der Waals surface area contributed by atoms with Crippen LogP contribution in [-0.2, 0) is 10.3 Å². The van der Waals surface area contributed by atoms with Crippen molar-refractivity contribution in [3.05, 3.63) is 86.8 Å². The van der Waals surface area contributed by atoms with Crippen LogP contribution in [0.15, 0.2) is 53.1 Å². The van der Waals surface area contributed by atoms with Gasteiger partial charge in [0.25, 0.3) is 5.91 Å². The number of nitrogens with one attached hydrogen (secondary N) is 1. The minimum Gasteiger partial charge on any atom is -0.353 e. The molecule has 0 aliphatic carbocycles. The topological polar surface area (TPSA) is 102 Å². The van der Waals surface area contributed by atoms with Crippen LogP contribution < -0.4 is 10.2 Å². The number of hydrogen-bond acceptors (Lipinski definition) is 6. The zero-order valence-electron chi connectivity index (χ0n) is 17.5. The molecular formula is C23H22N4O4. The minimum absolute atomic E-state index is 0.138. The molecule has 0 bridgehead atoms. The van der Waals surface area contributed by atoms with E-state index in [0.717, 1.165) is 22.4 Å². The predicted octanol–water partition coefficient (Wildman–Crippen LogP) is 3.54.